The van der Waals surface area contributed by atoms with E-state index in [0.29, 0.717) is 0 Å². The van der Waals surface area contributed by atoms with Crippen LogP contribution < -0.4 is 4.57 Å². The Bertz CT molecular complexity index is 1570. The smallest absolute Gasteiger partial charge is 0.212 e. The molecule has 0 unspecified atom stereocenters. The molecule has 1 aliphatic carbocycles. The Kier molecular flexibility index (Phi) is 4.16. The molecule has 33 heavy (non-hydrogen) atoms. The van der Waals surface area contributed by atoms with E-state index >= 15 is 0 Å². The van der Waals surface area contributed by atoms with Crippen LogP contribution in [0.2, 0.25) is 0 Å². The normalized spacial score (nSPS) is 13.8. The van der Waals surface area contributed by atoms with Gasteiger partial charge in [0.2, 0.25) is 5.69 Å². The summed E-state index contributed by atoms with van der Waals surface area (Å²) in [5.74, 6) is 0. The summed E-state index contributed by atoms with van der Waals surface area (Å²) >= 11 is 0. The minimum Gasteiger partial charge on any atom is -0.344 e. The van der Waals surface area contributed by atoms with Gasteiger partial charge in [0.25, 0.3) is 0 Å². The monoisotopic (exact) mass is 430 g/mol. The minimum atomic E-state index is -0.0732. The Morgan fingerprint density at radius 3 is 2.48 bits per heavy atom. The average molecular weight is 431 g/mol. The highest BCUT2D eigenvalue weighted by atomic mass is 15.0. The zero-order valence-electron chi connectivity index (χ0n) is 19.8. The average Bonchev–Trinajstić information content (AvgIpc) is 3.26. The van der Waals surface area contributed by atoms with Crippen LogP contribution in [0.3, 0.4) is 0 Å². The topological polar surface area (TPSA) is 21.7 Å². The van der Waals surface area contributed by atoms with Crippen molar-refractivity contribution in [3.63, 3.8) is 0 Å². The van der Waals surface area contributed by atoms with Gasteiger partial charge in [-0.2, -0.15) is 0 Å². The molecule has 3 heterocycles. The molecule has 0 radical (unpaired) electrons. The van der Waals surface area contributed by atoms with Crippen LogP contribution in [0.25, 0.3) is 44.5 Å². The number of aryl methyl sites for hydroxylation is 2. The Hall–Kier alpha value is -3.72. The van der Waals surface area contributed by atoms with Crippen LogP contribution in [0, 0.1) is 6.92 Å². The van der Waals surface area contributed by atoms with Crippen molar-refractivity contribution in [1.82, 2.24) is 9.55 Å². The van der Waals surface area contributed by atoms with Crippen LogP contribution in [0.1, 0.15) is 30.5 Å². The molecule has 0 aliphatic heterocycles. The van der Waals surface area contributed by atoms with Gasteiger partial charge in [0.05, 0.1) is 11.1 Å². The Balaban J connectivity index is 1.77. The summed E-state index contributed by atoms with van der Waals surface area (Å²) in [6, 6.07) is 22.2. The van der Waals surface area contributed by atoms with Gasteiger partial charge in [0, 0.05) is 53.6 Å². The lowest BCUT2D eigenvalue weighted by Crippen LogP contribution is -2.31. The molecule has 1 aliphatic rings. The summed E-state index contributed by atoms with van der Waals surface area (Å²) in [4.78, 5) is 4.35. The van der Waals surface area contributed by atoms with Crippen molar-refractivity contribution in [2.75, 3.05) is 0 Å². The van der Waals surface area contributed by atoms with Crippen LogP contribution in [-0.4, -0.2) is 9.55 Å². The number of fused-ring (bicyclic) bond motifs is 4. The van der Waals surface area contributed by atoms with E-state index in [-0.39, 0.29) is 5.41 Å². The standard InChI is InChI=1S/C30H28N3/c1-19-22(27-16-20-18-31-14-13-25(20)33(27)5)17-23-21-10-6-7-11-24(21)30(2,3)29(23)28(19)26-12-8-9-15-32(26)4/h6-18H,1-5H3/q+1. The molecule has 0 atom stereocenters. The van der Waals surface area contributed by atoms with Gasteiger partial charge in [0.1, 0.15) is 7.05 Å². The van der Waals surface area contributed by atoms with Gasteiger partial charge >= 0.3 is 0 Å². The van der Waals surface area contributed by atoms with Crippen molar-refractivity contribution in [1.29, 1.82) is 0 Å². The molecule has 0 bridgehead atoms. The lowest BCUT2D eigenvalue weighted by atomic mass is 9.77. The number of benzene rings is 2. The second-order valence-electron chi connectivity index (χ2n) is 9.74. The fourth-order valence-corrected chi connectivity index (χ4v) is 5.86. The third-order valence-corrected chi connectivity index (χ3v) is 7.53. The van der Waals surface area contributed by atoms with Crippen LogP contribution in [0.4, 0.5) is 0 Å². The summed E-state index contributed by atoms with van der Waals surface area (Å²) in [6.07, 6.45) is 5.97. The number of pyridine rings is 2. The molecule has 0 N–H and O–H groups in total. The summed E-state index contributed by atoms with van der Waals surface area (Å²) in [5.41, 5.74) is 13.0. The van der Waals surface area contributed by atoms with Crippen molar-refractivity contribution in [2.45, 2.75) is 26.2 Å². The Morgan fingerprint density at radius 2 is 1.70 bits per heavy atom. The molecule has 3 aromatic heterocycles. The van der Waals surface area contributed by atoms with E-state index in [9.17, 15) is 0 Å². The van der Waals surface area contributed by atoms with Gasteiger partial charge in [-0.15, -0.1) is 0 Å². The maximum Gasteiger partial charge on any atom is 0.212 e. The fourth-order valence-electron chi connectivity index (χ4n) is 5.86. The SMILES string of the molecule is Cc1c(-c2cc3cnccc3n2C)cc2c(c1-c1cccc[n+]1C)C(C)(C)c1ccccc1-2. The highest BCUT2D eigenvalue weighted by Crippen LogP contribution is 2.54. The summed E-state index contributed by atoms with van der Waals surface area (Å²) < 4.78 is 4.55. The van der Waals surface area contributed by atoms with Crippen LogP contribution in [0.5, 0.6) is 0 Å². The summed E-state index contributed by atoms with van der Waals surface area (Å²) in [7, 11) is 4.30. The molecule has 3 nitrogen and oxygen atoms in total. The molecule has 0 spiro atoms. The van der Waals surface area contributed by atoms with Gasteiger partial charge in [-0.05, 0) is 59.0 Å². The third kappa shape index (κ3) is 2.69. The molecule has 5 aromatic rings. The second kappa shape index (κ2) is 6.89. The molecule has 162 valence electrons. The number of nitrogens with zero attached hydrogens (tertiary/aromatic N) is 3. The largest absolute Gasteiger partial charge is 0.344 e. The maximum absolute atomic E-state index is 4.35. The van der Waals surface area contributed by atoms with Gasteiger partial charge < -0.3 is 4.57 Å². The van der Waals surface area contributed by atoms with Crippen molar-refractivity contribution in [3.05, 3.63) is 95.9 Å². The van der Waals surface area contributed by atoms with Gasteiger partial charge in [0.15, 0.2) is 6.20 Å². The molecule has 0 amide bonds. The van der Waals surface area contributed by atoms with Crippen molar-refractivity contribution < 1.29 is 4.57 Å². The van der Waals surface area contributed by atoms with Crippen molar-refractivity contribution in [3.8, 4) is 33.6 Å². The summed E-state index contributed by atoms with van der Waals surface area (Å²) in [6.45, 7) is 7.02. The Labute approximate surface area is 195 Å². The lowest BCUT2D eigenvalue weighted by molar-refractivity contribution is -0.660. The predicted octanol–water partition coefficient (Wildman–Crippen LogP) is 6.35. The highest BCUT2D eigenvalue weighted by molar-refractivity contribution is 5.95. The van der Waals surface area contributed by atoms with E-state index in [1.165, 1.54) is 61.2 Å². The van der Waals surface area contributed by atoms with Crippen molar-refractivity contribution >= 4 is 10.9 Å². The molecule has 0 saturated carbocycles. The first-order chi connectivity index (χ1) is 15.9. The number of hydrogen-bond acceptors (Lipinski definition) is 1. The zero-order valence-corrected chi connectivity index (χ0v) is 19.8. The first-order valence-corrected chi connectivity index (χ1v) is 11.5. The minimum absolute atomic E-state index is 0.0732. The molecule has 2 aromatic carbocycles. The summed E-state index contributed by atoms with van der Waals surface area (Å²) in [5, 5.41) is 1.17. The van der Waals surface area contributed by atoms with Crippen LogP contribution in [0.15, 0.2) is 79.3 Å². The molecular weight excluding hydrogens is 402 g/mol. The quantitative estimate of drug-likeness (QED) is 0.299. The molecule has 6 rings (SSSR count). The van der Waals surface area contributed by atoms with E-state index in [0.717, 1.165) is 0 Å². The van der Waals surface area contributed by atoms with Gasteiger partial charge in [-0.3, -0.25) is 4.98 Å². The first-order valence-electron chi connectivity index (χ1n) is 11.5. The maximum atomic E-state index is 4.35. The third-order valence-electron chi connectivity index (χ3n) is 7.53. The predicted molar refractivity (Wildman–Crippen MR) is 135 cm³/mol. The van der Waals surface area contributed by atoms with Crippen LogP contribution in [-0.2, 0) is 19.5 Å². The molecular formula is C30H28N3+. The van der Waals surface area contributed by atoms with Crippen LogP contribution >= 0.6 is 0 Å². The number of rotatable bonds is 2. The van der Waals surface area contributed by atoms with Crippen molar-refractivity contribution in [2.24, 2.45) is 14.1 Å². The van der Waals surface area contributed by atoms with E-state index < -0.39 is 0 Å². The van der Waals surface area contributed by atoms with E-state index in [1.54, 1.807) is 0 Å². The number of aromatic nitrogens is 3. The Morgan fingerprint density at radius 1 is 0.909 bits per heavy atom. The lowest BCUT2D eigenvalue weighted by Gasteiger charge is -2.26. The van der Waals surface area contributed by atoms with Gasteiger partial charge in [-0.25, -0.2) is 4.57 Å². The number of hydrogen-bond donors (Lipinski definition) is 0. The first kappa shape index (κ1) is 19.9. The van der Waals surface area contributed by atoms with E-state index in [1.807, 2.05) is 12.4 Å². The van der Waals surface area contributed by atoms with Gasteiger partial charge in [-0.1, -0.05) is 38.1 Å². The molecule has 0 fully saturated rings. The highest BCUT2D eigenvalue weighted by Gasteiger charge is 2.40. The molecule has 0 saturated heterocycles. The zero-order chi connectivity index (χ0) is 22.9. The molecule has 3 heteroatoms. The second-order valence-corrected chi connectivity index (χ2v) is 9.74. The van der Waals surface area contributed by atoms with E-state index in [4.69, 9.17) is 0 Å². The van der Waals surface area contributed by atoms with E-state index in [2.05, 4.69) is 116 Å². The fraction of sp³-hybridized carbons (Fsp3) is 0.200.